The third kappa shape index (κ3) is 7.19. The van der Waals surface area contributed by atoms with Gasteiger partial charge in [-0.1, -0.05) is 0 Å². The van der Waals surface area contributed by atoms with Crippen LogP contribution in [0.2, 0.25) is 0 Å². The van der Waals surface area contributed by atoms with Gasteiger partial charge in [-0.05, 0) is 60.6 Å². The van der Waals surface area contributed by atoms with Crippen molar-refractivity contribution in [2.75, 3.05) is 14.2 Å². The molecule has 13 nitrogen and oxygen atoms in total. The molecule has 238 valence electrons. The fourth-order valence-corrected chi connectivity index (χ4v) is 4.72. The van der Waals surface area contributed by atoms with E-state index in [9.17, 15) is 22.6 Å². The largest absolute Gasteiger partial charge is 0.716 e. The predicted octanol–water partition coefficient (Wildman–Crippen LogP) is 5.83. The number of hydrogen-bond acceptors (Lipinski definition) is 13. The van der Waals surface area contributed by atoms with E-state index in [0.29, 0.717) is 16.7 Å². The first-order valence-electron chi connectivity index (χ1n) is 13.3. The lowest BCUT2D eigenvalue weighted by molar-refractivity contribution is 0.00555. The zero-order chi connectivity index (χ0) is 32.8. The van der Waals surface area contributed by atoms with Crippen molar-refractivity contribution in [2.45, 2.75) is 66.3 Å². The second-order valence-electron chi connectivity index (χ2n) is 11.7. The molecule has 0 radical (unpaired) electrons. The van der Waals surface area contributed by atoms with Crippen molar-refractivity contribution in [1.82, 2.24) is 0 Å². The molecule has 0 aliphatic rings. The maximum absolute atomic E-state index is 13.4. The summed E-state index contributed by atoms with van der Waals surface area (Å²) in [6.07, 6.45) is 0. The van der Waals surface area contributed by atoms with E-state index < -0.39 is 39.3 Å². The van der Waals surface area contributed by atoms with Crippen LogP contribution in [-0.4, -0.2) is 50.3 Å². The fraction of sp³-hybridized carbons (Fsp3) is 0.400. The summed E-state index contributed by atoms with van der Waals surface area (Å²) in [5, 5.41) is 0.493. The predicted molar refractivity (Wildman–Crippen MR) is 155 cm³/mol. The molecule has 14 heteroatoms. The standard InChI is InChI=1S/C30H34O13S/c1-15-25(27(31)41-29(2,3)4)16-10-22(20(36-8)12-18(16)39-15)38-14-24-26(28(32)42-30(5,6)7)17-11-23(43-44(33,34)35)21(37-9)13-19(17)40-24/h10-13H,14H2,1-9H3,(H,33,34,35)/p-1. The molecule has 0 aliphatic carbocycles. The average Bonchev–Trinajstić information content (AvgIpc) is 3.38. The number of ether oxygens (including phenoxy) is 5. The molecule has 44 heavy (non-hydrogen) atoms. The van der Waals surface area contributed by atoms with Crippen molar-refractivity contribution in [3.8, 4) is 23.0 Å². The average molecular weight is 634 g/mol. The van der Waals surface area contributed by atoms with Crippen LogP contribution in [-0.2, 0) is 26.5 Å². The minimum atomic E-state index is -5.18. The Morgan fingerprint density at radius 1 is 0.750 bits per heavy atom. The van der Waals surface area contributed by atoms with Crippen LogP contribution >= 0.6 is 0 Å². The van der Waals surface area contributed by atoms with Gasteiger partial charge < -0.3 is 41.3 Å². The second-order valence-corrected chi connectivity index (χ2v) is 12.7. The summed E-state index contributed by atoms with van der Waals surface area (Å²) in [4.78, 5) is 26.4. The van der Waals surface area contributed by atoms with Gasteiger partial charge in [0.1, 0.15) is 45.9 Å². The Hall–Kier alpha value is -4.43. The van der Waals surface area contributed by atoms with E-state index >= 15 is 0 Å². The zero-order valence-electron chi connectivity index (χ0n) is 25.7. The van der Waals surface area contributed by atoms with Gasteiger partial charge in [0.2, 0.25) is 0 Å². The Bertz CT molecular complexity index is 1850. The highest BCUT2D eigenvalue weighted by atomic mass is 32.3. The quantitative estimate of drug-likeness (QED) is 0.122. The van der Waals surface area contributed by atoms with Gasteiger partial charge in [0.15, 0.2) is 28.8 Å². The molecule has 0 atom stereocenters. The van der Waals surface area contributed by atoms with Crippen molar-refractivity contribution in [1.29, 1.82) is 0 Å². The molecule has 0 amide bonds. The minimum absolute atomic E-state index is 0.00340. The van der Waals surface area contributed by atoms with Crippen LogP contribution in [0.3, 0.4) is 0 Å². The van der Waals surface area contributed by atoms with Crippen LogP contribution in [0.1, 0.15) is 73.8 Å². The molecule has 2 aromatic carbocycles. The number of methoxy groups -OCH3 is 2. The molecular formula is C30H33O13S-. The third-order valence-electron chi connectivity index (χ3n) is 5.95. The SMILES string of the molecule is COc1cc2oc(C)c(C(=O)OC(C)(C)C)c2cc1OCc1oc2cc(OC)c(OS(=O)(=O)[O-])cc2c1C(=O)OC(C)(C)C. The molecular weight excluding hydrogens is 600 g/mol. The highest BCUT2D eigenvalue weighted by Crippen LogP contribution is 2.40. The molecule has 0 unspecified atom stereocenters. The Kier molecular flexibility index (Phi) is 8.55. The molecule has 0 saturated heterocycles. The van der Waals surface area contributed by atoms with Crippen molar-refractivity contribution >= 4 is 44.3 Å². The Morgan fingerprint density at radius 3 is 1.75 bits per heavy atom. The van der Waals surface area contributed by atoms with Gasteiger partial charge in [0.05, 0.1) is 14.2 Å². The number of hydrogen-bond donors (Lipinski definition) is 0. The van der Waals surface area contributed by atoms with Crippen LogP contribution in [0.15, 0.2) is 33.1 Å². The van der Waals surface area contributed by atoms with E-state index in [2.05, 4.69) is 4.18 Å². The number of carbonyl (C=O) groups excluding carboxylic acids is 2. The molecule has 4 aromatic rings. The van der Waals surface area contributed by atoms with Crippen LogP contribution < -0.4 is 18.4 Å². The number of benzene rings is 2. The van der Waals surface area contributed by atoms with Crippen molar-refractivity contribution in [3.63, 3.8) is 0 Å². The van der Waals surface area contributed by atoms with E-state index in [0.717, 1.165) is 6.07 Å². The third-order valence-corrected chi connectivity index (χ3v) is 6.34. The maximum atomic E-state index is 13.4. The highest BCUT2D eigenvalue weighted by Gasteiger charge is 2.30. The Balaban J connectivity index is 1.82. The topological polar surface area (TPSA) is 173 Å². The first-order valence-corrected chi connectivity index (χ1v) is 14.6. The molecule has 0 spiro atoms. The second kappa shape index (κ2) is 11.6. The molecule has 0 aliphatic heterocycles. The Labute approximate surface area is 253 Å². The van der Waals surface area contributed by atoms with E-state index in [1.54, 1.807) is 60.6 Å². The lowest BCUT2D eigenvalue weighted by atomic mass is 10.1. The van der Waals surface area contributed by atoms with Crippen LogP contribution in [0.5, 0.6) is 23.0 Å². The van der Waals surface area contributed by atoms with Crippen molar-refractivity contribution in [2.24, 2.45) is 0 Å². The zero-order valence-corrected chi connectivity index (χ0v) is 26.5. The van der Waals surface area contributed by atoms with Gasteiger partial charge >= 0.3 is 11.9 Å². The summed E-state index contributed by atoms with van der Waals surface area (Å²) in [5.41, 5.74) is -1.08. The number of esters is 2. The maximum Gasteiger partial charge on any atom is 0.343 e. The highest BCUT2D eigenvalue weighted by molar-refractivity contribution is 7.81. The summed E-state index contributed by atoms with van der Waals surface area (Å²) in [6.45, 7) is 11.5. The summed E-state index contributed by atoms with van der Waals surface area (Å²) in [6, 6.07) is 5.50. The van der Waals surface area contributed by atoms with Gasteiger partial charge in [-0.15, -0.1) is 0 Å². The van der Waals surface area contributed by atoms with Crippen molar-refractivity contribution in [3.05, 3.63) is 46.9 Å². The number of furan rings is 2. The number of aryl methyl sites for hydroxylation is 1. The van der Waals surface area contributed by atoms with E-state index in [-0.39, 0.29) is 51.7 Å². The molecule has 2 heterocycles. The minimum Gasteiger partial charge on any atom is -0.716 e. The van der Waals surface area contributed by atoms with Crippen LogP contribution in [0, 0.1) is 6.92 Å². The number of rotatable bonds is 9. The normalized spacial score (nSPS) is 12.3. The van der Waals surface area contributed by atoms with E-state index in [1.165, 1.54) is 20.3 Å². The molecule has 0 N–H and O–H groups in total. The summed E-state index contributed by atoms with van der Waals surface area (Å²) < 4.78 is 78.2. The molecule has 0 fully saturated rings. The lowest BCUT2D eigenvalue weighted by Crippen LogP contribution is -2.24. The smallest absolute Gasteiger partial charge is 0.343 e. The molecule has 0 saturated carbocycles. The van der Waals surface area contributed by atoms with Gasteiger partial charge in [0, 0.05) is 22.9 Å². The lowest BCUT2D eigenvalue weighted by Gasteiger charge is -2.20. The Morgan fingerprint density at radius 2 is 1.23 bits per heavy atom. The van der Waals surface area contributed by atoms with E-state index in [4.69, 9.17) is 32.5 Å². The van der Waals surface area contributed by atoms with Crippen molar-refractivity contribution < 1.29 is 59.3 Å². The van der Waals surface area contributed by atoms with Gasteiger partial charge in [-0.2, -0.15) is 0 Å². The van der Waals surface area contributed by atoms with Gasteiger partial charge in [0.25, 0.3) is 10.4 Å². The fourth-order valence-electron chi connectivity index (χ4n) is 4.37. The summed E-state index contributed by atoms with van der Waals surface area (Å²) in [7, 11) is -2.52. The molecule has 2 aromatic heterocycles. The first-order chi connectivity index (χ1) is 20.3. The van der Waals surface area contributed by atoms with Crippen LogP contribution in [0.25, 0.3) is 21.9 Å². The molecule has 4 rings (SSSR count). The van der Waals surface area contributed by atoms with Gasteiger partial charge in [-0.3, -0.25) is 0 Å². The molecule has 0 bridgehead atoms. The first kappa shape index (κ1) is 32.5. The summed E-state index contributed by atoms with van der Waals surface area (Å²) in [5.74, 6) is -1.20. The number of fused-ring (bicyclic) bond motifs is 2. The van der Waals surface area contributed by atoms with Gasteiger partial charge in [-0.25, -0.2) is 18.0 Å². The number of carbonyl (C=O) groups is 2. The monoisotopic (exact) mass is 633 g/mol. The van der Waals surface area contributed by atoms with E-state index in [1.807, 2.05) is 0 Å². The van der Waals surface area contributed by atoms with Crippen LogP contribution in [0.4, 0.5) is 0 Å². The summed E-state index contributed by atoms with van der Waals surface area (Å²) >= 11 is 0.